The van der Waals surface area contributed by atoms with Gasteiger partial charge in [0.2, 0.25) is 5.95 Å². The molecule has 0 unspecified atom stereocenters. The number of rotatable bonds is 6. The van der Waals surface area contributed by atoms with Gasteiger partial charge < -0.3 is 4.57 Å². The van der Waals surface area contributed by atoms with Crippen LogP contribution in [-0.4, -0.2) is 14.5 Å². The Kier molecular flexibility index (Phi) is 8.99. The van der Waals surface area contributed by atoms with Gasteiger partial charge in [-0.05, 0) is 123 Å². The Morgan fingerprint density at radius 2 is 0.857 bits per heavy atom. The highest BCUT2D eigenvalue weighted by atomic mass is 15.3. The third kappa shape index (κ3) is 6.03. The molecule has 4 heteroatoms. The van der Waals surface area contributed by atoms with Crippen LogP contribution in [0.3, 0.4) is 0 Å². The quantitative estimate of drug-likeness (QED) is 0.167. The van der Waals surface area contributed by atoms with Crippen LogP contribution in [0.15, 0.2) is 249 Å². The van der Waals surface area contributed by atoms with E-state index in [9.17, 15) is 0 Å². The summed E-state index contributed by atoms with van der Waals surface area (Å²) in [6.07, 6.45) is 0. The number of nitrogens with zero attached hydrogens (tertiary/aromatic N) is 4. The minimum Gasteiger partial charge on any atom is -0.309 e. The lowest BCUT2D eigenvalue weighted by Crippen LogP contribution is -2.36. The first-order chi connectivity index (χ1) is 34.6. The number of fused-ring (bicyclic) bond motifs is 12. The third-order valence-corrected chi connectivity index (χ3v) is 14.7. The van der Waals surface area contributed by atoms with E-state index in [1.165, 1.54) is 88.7 Å². The van der Waals surface area contributed by atoms with Crippen molar-refractivity contribution in [3.05, 3.63) is 277 Å². The van der Waals surface area contributed by atoms with Crippen molar-refractivity contribution in [2.24, 2.45) is 0 Å². The van der Waals surface area contributed by atoms with Gasteiger partial charge in [-0.25, -0.2) is 9.97 Å². The van der Waals surface area contributed by atoms with E-state index in [0.717, 1.165) is 33.9 Å². The Morgan fingerprint density at radius 3 is 1.54 bits per heavy atom. The van der Waals surface area contributed by atoms with E-state index in [1.54, 1.807) is 0 Å². The number of hydrogen-bond donors (Lipinski definition) is 0. The van der Waals surface area contributed by atoms with Crippen LogP contribution in [-0.2, 0) is 5.41 Å². The van der Waals surface area contributed by atoms with Gasteiger partial charge in [-0.3, -0.25) is 4.90 Å². The Bertz CT molecular complexity index is 3910. The molecule has 10 aromatic carbocycles. The average Bonchev–Trinajstić information content (AvgIpc) is 3.91. The first-order valence-electron chi connectivity index (χ1n) is 24.1. The summed E-state index contributed by atoms with van der Waals surface area (Å²) in [6.45, 7) is 2.14. The number of anilines is 3. The van der Waals surface area contributed by atoms with Crippen LogP contribution < -0.4 is 4.90 Å². The first kappa shape index (κ1) is 40.0. The summed E-state index contributed by atoms with van der Waals surface area (Å²) < 4.78 is 2.39. The van der Waals surface area contributed by atoms with Gasteiger partial charge in [0, 0.05) is 27.6 Å². The topological polar surface area (TPSA) is 34.0 Å². The predicted molar refractivity (Wildman–Crippen MR) is 288 cm³/mol. The maximum absolute atomic E-state index is 5.40. The van der Waals surface area contributed by atoms with Gasteiger partial charge in [-0.1, -0.05) is 194 Å². The number of para-hydroxylation sites is 3. The summed E-state index contributed by atoms with van der Waals surface area (Å²) in [5.74, 6) is 0.630. The molecule has 2 aromatic heterocycles. The summed E-state index contributed by atoms with van der Waals surface area (Å²) in [6, 6.07) is 90.5. The highest BCUT2D eigenvalue weighted by molar-refractivity contribution is 6.10. The summed E-state index contributed by atoms with van der Waals surface area (Å²) >= 11 is 0. The number of aryl methyl sites for hydroxylation is 1. The van der Waals surface area contributed by atoms with Crippen LogP contribution in [0, 0.1) is 6.92 Å². The molecule has 328 valence electrons. The normalized spacial score (nSPS) is 13.0. The highest BCUT2D eigenvalue weighted by Gasteiger charge is 2.52. The van der Waals surface area contributed by atoms with Crippen molar-refractivity contribution in [1.82, 2.24) is 14.5 Å². The van der Waals surface area contributed by atoms with Crippen molar-refractivity contribution >= 4 is 39.1 Å². The Morgan fingerprint density at radius 1 is 0.343 bits per heavy atom. The standard InChI is InChI=1S/C66H44N4/c1-43-31-35-50(36-32-43)69-61-28-13-9-24-53(61)54-40-48(34-38-62(54)69)46-21-16-22-47(39-46)49-33-37-52-51-23-8-10-25-55(51)66(58(52)41-49)56-26-11-14-29-63(56)70(64-30-15-12-27-57(64)66)65-67-59(44-17-4-2-5-18-44)42-60(68-65)45-19-6-3-7-20-45/h2-42H,1H3. The van der Waals surface area contributed by atoms with Gasteiger partial charge in [0.15, 0.2) is 0 Å². The van der Waals surface area contributed by atoms with E-state index in [2.05, 4.69) is 253 Å². The molecule has 0 atom stereocenters. The van der Waals surface area contributed by atoms with E-state index < -0.39 is 5.41 Å². The zero-order chi connectivity index (χ0) is 46.3. The molecule has 70 heavy (non-hydrogen) atoms. The summed E-state index contributed by atoms with van der Waals surface area (Å²) in [5, 5.41) is 2.49. The minimum absolute atomic E-state index is 0.626. The molecule has 0 bridgehead atoms. The molecule has 2 aliphatic rings. The third-order valence-electron chi connectivity index (χ3n) is 14.7. The zero-order valence-electron chi connectivity index (χ0n) is 38.5. The molecule has 4 nitrogen and oxygen atoms in total. The zero-order valence-corrected chi connectivity index (χ0v) is 38.5. The van der Waals surface area contributed by atoms with E-state index >= 15 is 0 Å². The monoisotopic (exact) mass is 892 g/mol. The molecular formula is C66H44N4. The van der Waals surface area contributed by atoms with Crippen LogP contribution in [0.5, 0.6) is 0 Å². The van der Waals surface area contributed by atoms with Gasteiger partial charge in [0.1, 0.15) is 0 Å². The molecule has 0 saturated heterocycles. The largest absolute Gasteiger partial charge is 0.309 e. The van der Waals surface area contributed by atoms with Crippen molar-refractivity contribution in [1.29, 1.82) is 0 Å². The Hall–Kier alpha value is -9.12. The molecule has 1 aliphatic heterocycles. The second-order valence-electron chi connectivity index (χ2n) is 18.6. The van der Waals surface area contributed by atoms with E-state index in [0.29, 0.717) is 5.95 Å². The number of aromatic nitrogens is 3. The van der Waals surface area contributed by atoms with Gasteiger partial charge in [0.05, 0.1) is 39.2 Å². The predicted octanol–water partition coefficient (Wildman–Crippen LogP) is 16.7. The van der Waals surface area contributed by atoms with Crippen LogP contribution in [0.4, 0.5) is 17.3 Å². The lowest BCUT2D eigenvalue weighted by molar-refractivity contribution is 0.750. The van der Waals surface area contributed by atoms with E-state index in [1.807, 2.05) is 12.1 Å². The van der Waals surface area contributed by atoms with Gasteiger partial charge in [0.25, 0.3) is 0 Å². The molecule has 14 rings (SSSR count). The molecule has 1 aliphatic carbocycles. The second kappa shape index (κ2) is 15.7. The van der Waals surface area contributed by atoms with Crippen molar-refractivity contribution in [2.45, 2.75) is 12.3 Å². The summed E-state index contributed by atoms with van der Waals surface area (Å²) in [5.41, 5.74) is 22.3. The summed E-state index contributed by atoms with van der Waals surface area (Å²) in [4.78, 5) is 13.1. The molecule has 0 saturated carbocycles. The molecule has 3 heterocycles. The fraction of sp³-hybridized carbons (Fsp3) is 0.0303. The maximum Gasteiger partial charge on any atom is 0.235 e. The van der Waals surface area contributed by atoms with Crippen molar-refractivity contribution in [2.75, 3.05) is 4.90 Å². The van der Waals surface area contributed by atoms with Crippen molar-refractivity contribution in [3.63, 3.8) is 0 Å². The van der Waals surface area contributed by atoms with E-state index in [4.69, 9.17) is 9.97 Å². The van der Waals surface area contributed by atoms with E-state index in [-0.39, 0.29) is 0 Å². The lowest BCUT2D eigenvalue weighted by Gasteiger charge is -2.44. The SMILES string of the molecule is Cc1ccc(-n2c3ccccc3c3cc(-c4cccc(-c5ccc6c(c5)C5(c7ccccc7-6)c6ccccc6N(c6nc(-c7ccccc7)cc(-c7ccccc7)n6)c6ccccc65)c4)ccc32)cc1. The second-order valence-corrected chi connectivity index (χ2v) is 18.6. The number of hydrogen-bond acceptors (Lipinski definition) is 3. The van der Waals surface area contributed by atoms with Crippen LogP contribution in [0.1, 0.15) is 27.8 Å². The molecule has 0 amide bonds. The van der Waals surface area contributed by atoms with Crippen LogP contribution >= 0.6 is 0 Å². The maximum atomic E-state index is 5.40. The summed E-state index contributed by atoms with van der Waals surface area (Å²) in [7, 11) is 0. The van der Waals surface area contributed by atoms with Crippen LogP contribution in [0.2, 0.25) is 0 Å². The molecule has 1 spiro atoms. The lowest BCUT2D eigenvalue weighted by atomic mass is 9.64. The van der Waals surface area contributed by atoms with Gasteiger partial charge >= 0.3 is 0 Å². The van der Waals surface area contributed by atoms with Crippen molar-refractivity contribution in [3.8, 4) is 61.6 Å². The minimum atomic E-state index is -0.626. The smallest absolute Gasteiger partial charge is 0.235 e. The fourth-order valence-corrected chi connectivity index (χ4v) is 11.6. The first-order valence-corrected chi connectivity index (χ1v) is 24.1. The van der Waals surface area contributed by atoms with Crippen LogP contribution in [0.25, 0.3) is 83.4 Å². The molecule has 0 N–H and O–H groups in total. The Labute approximate surface area is 407 Å². The van der Waals surface area contributed by atoms with Gasteiger partial charge in [-0.15, -0.1) is 0 Å². The van der Waals surface area contributed by atoms with Gasteiger partial charge in [-0.2, -0.15) is 0 Å². The molecular weight excluding hydrogens is 849 g/mol. The molecule has 12 aromatic rings. The highest BCUT2D eigenvalue weighted by Crippen LogP contribution is 2.63. The fourth-order valence-electron chi connectivity index (χ4n) is 11.6. The molecule has 0 fully saturated rings. The average molecular weight is 893 g/mol. The Balaban J connectivity index is 0.935. The molecule has 0 radical (unpaired) electrons. The number of benzene rings is 10. The van der Waals surface area contributed by atoms with Crippen molar-refractivity contribution < 1.29 is 0 Å².